The molecule has 0 bridgehead atoms. The normalized spacial score (nSPS) is 17.4. The second-order valence-corrected chi connectivity index (χ2v) is 7.00. The summed E-state index contributed by atoms with van der Waals surface area (Å²) in [6.07, 6.45) is 3.21. The van der Waals surface area contributed by atoms with Crippen LogP contribution in [0.2, 0.25) is 0 Å². The number of hydrogen-bond donors (Lipinski definition) is 1. The number of hydrogen-bond acceptors (Lipinski definition) is 4. The molecule has 1 aromatic rings. The average Bonchev–Trinajstić information content (AvgIpc) is 2.25. The Balaban J connectivity index is 2.09. The fourth-order valence-electron chi connectivity index (χ4n) is 2.38. The summed E-state index contributed by atoms with van der Waals surface area (Å²) >= 11 is 0. The van der Waals surface area contributed by atoms with Crippen molar-refractivity contribution in [2.45, 2.75) is 38.0 Å². The lowest BCUT2D eigenvalue weighted by molar-refractivity contribution is -0.385. The zero-order chi connectivity index (χ0) is 14.8. The highest BCUT2D eigenvalue weighted by molar-refractivity contribution is 7.88. The van der Waals surface area contributed by atoms with Gasteiger partial charge in [0.15, 0.2) is 0 Å². The number of rotatable bonds is 6. The highest BCUT2D eigenvalue weighted by Crippen LogP contribution is 2.30. The molecule has 20 heavy (non-hydrogen) atoms. The molecule has 1 saturated carbocycles. The van der Waals surface area contributed by atoms with Crippen molar-refractivity contribution in [1.82, 2.24) is 4.72 Å². The smallest absolute Gasteiger partial charge is 0.258 e. The zero-order valence-electron chi connectivity index (χ0n) is 11.3. The van der Waals surface area contributed by atoms with Gasteiger partial charge >= 0.3 is 0 Å². The maximum Gasteiger partial charge on any atom is 0.273 e. The van der Waals surface area contributed by atoms with Gasteiger partial charge in [0.25, 0.3) is 5.69 Å². The standard InChI is InChI=1S/C13H18N2O4S/c1-10(11-6-4-7-11)14-20(18,19)9-12-5-2-3-8-13(12)15(16)17/h2-3,5,8,10-11,14H,4,6-7,9H2,1H3. The van der Waals surface area contributed by atoms with Crippen molar-refractivity contribution in [3.63, 3.8) is 0 Å². The predicted octanol–water partition coefficient (Wildman–Crippen LogP) is 2.20. The number of sulfonamides is 1. The number of nitro groups is 1. The fraction of sp³-hybridized carbons (Fsp3) is 0.538. The first-order valence-electron chi connectivity index (χ1n) is 6.61. The molecule has 0 heterocycles. The molecule has 0 amide bonds. The maximum atomic E-state index is 12.1. The predicted molar refractivity (Wildman–Crippen MR) is 75.7 cm³/mol. The first kappa shape index (κ1) is 14.9. The third-order valence-corrected chi connectivity index (χ3v) is 5.18. The molecule has 1 atom stereocenters. The molecule has 6 nitrogen and oxygen atoms in total. The van der Waals surface area contributed by atoms with Crippen LogP contribution in [-0.4, -0.2) is 19.4 Å². The van der Waals surface area contributed by atoms with Gasteiger partial charge in [-0.3, -0.25) is 10.1 Å². The summed E-state index contributed by atoms with van der Waals surface area (Å²) in [5, 5.41) is 10.9. The van der Waals surface area contributed by atoms with E-state index in [9.17, 15) is 18.5 Å². The van der Waals surface area contributed by atoms with Crippen LogP contribution in [0.4, 0.5) is 5.69 Å². The quantitative estimate of drug-likeness (QED) is 0.644. The Labute approximate surface area is 118 Å². The summed E-state index contributed by atoms with van der Waals surface area (Å²) in [4.78, 5) is 10.3. The lowest BCUT2D eigenvalue weighted by atomic mass is 9.81. The first-order chi connectivity index (χ1) is 9.39. The molecule has 1 N–H and O–H groups in total. The van der Waals surface area contributed by atoms with Gasteiger partial charge in [0, 0.05) is 17.7 Å². The van der Waals surface area contributed by atoms with Gasteiger partial charge in [-0.1, -0.05) is 24.6 Å². The van der Waals surface area contributed by atoms with Crippen LogP contribution in [0.3, 0.4) is 0 Å². The van der Waals surface area contributed by atoms with Gasteiger partial charge in [-0.15, -0.1) is 0 Å². The van der Waals surface area contributed by atoms with Crippen LogP contribution in [0.15, 0.2) is 24.3 Å². The summed E-state index contributed by atoms with van der Waals surface area (Å²) in [6.45, 7) is 1.85. The van der Waals surface area contributed by atoms with E-state index in [0.29, 0.717) is 5.92 Å². The van der Waals surface area contributed by atoms with Crippen LogP contribution < -0.4 is 4.72 Å². The molecule has 1 aromatic carbocycles. The molecule has 2 rings (SSSR count). The van der Waals surface area contributed by atoms with Gasteiger partial charge in [-0.25, -0.2) is 13.1 Å². The third-order valence-electron chi connectivity index (χ3n) is 3.76. The Hall–Kier alpha value is -1.47. The lowest BCUT2D eigenvalue weighted by Crippen LogP contribution is -2.41. The van der Waals surface area contributed by atoms with Crippen molar-refractivity contribution in [2.24, 2.45) is 5.92 Å². The van der Waals surface area contributed by atoms with Crippen molar-refractivity contribution < 1.29 is 13.3 Å². The van der Waals surface area contributed by atoms with Gasteiger partial charge in [-0.05, 0) is 25.7 Å². The molecule has 1 fully saturated rings. The van der Waals surface area contributed by atoms with Gasteiger partial charge in [0.2, 0.25) is 10.0 Å². The van der Waals surface area contributed by atoms with Crippen molar-refractivity contribution in [3.8, 4) is 0 Å². The number of nitro benzene ring substituents is 1. The fourth-order valence-corrected chi connectivity index (χ4v) is 3.87. The Morgan fingerprint density at radius 2 is 2.05 bits per heavy atom. The van der Waals surface area contributed by atoms with E-state index in [1.807, 2.05) is 6.92 Å². The minimum absolute atomic E-state index is 0.114. The molecule has 0 aliphatic heterocycles. The minimum Gasteiger partial charge on any atom is -0.258 e. The SMILES string of the molecule is CC(NS(=O)(=O)Cc1ccccc1[N+](=O)[O-])C1CCC1. The van der Waals surface area contributed by atoms with Crippen LogP contribution in [0.5, 0.6) is 0 Å². The minimum atomic E-state index is -3.57. The van der Waals surface area contributed by atoms with E-state index in [-0.39, 0.29) is 23.0 Å². The van der Waals surface area contributed by atoms with E-state index in [1.165, 1.54) is 18.2 Å². The number of para-hydroxylation sites is 1. The van der Waals surface area contributed by atoms with Crippen molar-refractivity contribution >= 4 is 15.7 Å². The molecule has 0 saturated heterocycles. The van der Waals surface area contributed by atoms with Crippen LogP contribution in [0.1, 0.15) is 31.7 Å². The molecule has 110 valence electrons. The molecule has 0 aromatic heterocycles. The average molecular weight is 298 g/mol. The Morgan fingerprint density at radius 1 is 1.40 bits per heavy atom. The van der Waals surface area contributed by atoms with E-state index in [4.69, 9.17) is 0 Å². The summed E-state index contributed by atoms with van der Waals surface area (Å²) in [5.74, 6) is 0.0248. The van der Waals surface area contributed by atoms with Crippen molar-refractivity contribution in [2.75, 3.05) is 0 Å². The third kappa shape index (κ3) is 3.55. The molecular formula is C13H18N2O4S. The molecular weight excluding hydrogens is 280 g/mol. The van der Waals surface area contributed by atoms with Crippen molar-refractivity contribution in [3.05, 3.63) is 39.9 Å². The van der Waals surface area contributed by atoms with Crippen LogP contribution >= 0.6 is 0 Å². The Bertz CT molecular complexity index is 596. The topological polar surface area (TPSA) is 89.3 Å². The second-order valence-electron chi connectivity index (χ2n) is 5.24. The Morgan fingerprint density at radius 3 is 2.60 bits per heavy atom. The number of nitrogens with zero attached hydrogens (tertiary/aromatic N) is 1. The van der Waals surface area contributed by atoms with Gasteiger partial charge < -0.3 is 0 Å². The van der Waals surface area contributed by atoms with E-state index in [0.717, 1.165) is 19.3 Å². The van der Waals surface area contributed by atoms with E-state index in [1.54, 1.807) is 6.07 Å². The molecule has 1 aliphatic rings. The Kier molecular flexibility index (Phi) is 4.39. The van der Waals surface area contributed by atoms with E-state index in [2.05, 4.69) is 4.72 Å². The van der Waals surface area contributed by atoms with Gasteiger partial charge in [0.05, 0.1) is 10.7 Å². The van der Waals surface area contributed by atoms with E-state index >= 15 is 0 Å². The summed E-state index contributed by atoms with van der Waals surface area (Å²) in [7, 11) is -3.57. The zero-order valence-corrected chi connectivity index (χ0v) is 12.1. The monoisotopic (exact) mass is 298 g/mol. The van der Waals surface area contributed by atoms with Crippen LogP contribution in [-0.2, 0) is 15.8 Å². The lowest BCUT2D eigenvalue weighted by Gasteiger charge is -2.31. The summed E-state index contributed by atoms with van der Waals surface area (Å²) in [5.41, 5.74) is 0.0555. The first-order valence-corrected chi connectivity index (χ1v) is 8.26. The molecule has 0 spiro atoms. The van der Waals surface area contributed by atoms with E-state index < -0.39 is 14.9 Å². The highest BCUT2D eigenvalue weighted by atomic mass is 32.2. The van der Waals surface area contributed by atoms with Crippen LogP contribution in [0, 0.1) is 16.0 Å². The summed E-state index contributed by atoms with van der Waals surface area (Å²) in [6, 6.07) is 5.81. The van der Waals surface area contributed by atoms with Crippen LogP contribution in [0.25, 0.3) is 0 Å². The number of nitrogens with one attached hydrogen (secondary N) is 1. The van der Waals surface area contributed by atoms with Gasteiger partial charge in [-0.2, -0.15) is 0 Å². The summed E-state index contributed by atoms with van der Waals surface area (Å²) < 4.78 is 26.8. The van der Waals surface area contributed by atoms with Crippen molar-refractivity contribution in [1.29, 1.82) is 0 Å². The van der Waals surface area contributed by atoms with Gasteiger partial charge in [0.1, 0.15) is 0 Å². The molecule has 1 unspecified atom stereocenters. The number of benzene rings is 1. The molecule has 1 aliphatic carbocycles. The largest absolute Gasteiger partial charge is 0.273 e. The second kappa shape index (κ2) is 5.88. The molecule has 0 radical (unpaired) electrons. The molecule has 7 heteroatoms. The maximum absolute atomic E-state index is 12.1. The highest BCUT2D eigenvalue weighted by Gasteiger charge is 2.28.